The van der Waals surface area contributed by atoms with E-state index in [0.717, 1.165) is 11.1 Å². The van der Waals surface area contributed by atoms with Gasteiger partial charge in [0.15, 0.2) is 15.7 Å². The number of benzene rings is 1. The number of aromatic nitrogens is 3. The second-order valence-corrected chi connectivity index (χ2v) is 12.4. The van der Waals surface area contributed by atoms with E-state index in [2.05, 4.69) is 15.3 Å². The first-order valence-electron chi connectivity index (χ1n) is 12.0. The molecule has 0 spiro atoms. The predicted molar refractivity (Wildman–Crippen MR) is 145 cm³/mol. The van der Waals surface area contributed by atoms with Gasteiger partial charge in [0.05, 0.1) is 23.2 Å². The normalized spacial score (nSPS) is 14.4. The molecule has 37 heavy (non-hydrogen) atoms. The fraction of sp³-hybridized carbons (Fsp3) is 0.385. The van der Waals surface area contributed by atoms with E-state index in [1.165, 1.54) is 0 Å². The maximum atomic E-state index is 12.6. The van der Waals surface area contributed by atoms with Gasteiger partial charge in [0.1, 0.15) is 16.6 Å². The fourth-order valence-electron chi connectivity index (χ4n) is 3.87. The number of halogens is 1. The molecule has 0 atom stereocenters. The molecule has 1 aromatic carbocycles. The van der Waals surface area contributed by atoms with Crippen molar-refractivity contribution in [3.05, 3.63) is 65.2 Å². The van der Waals surface area contributed by atoms with E-state index in [4.69, 9.17) is 21.3 Å². The molecule has 3 heterocycles. The third kappa shape index (κ3) is 7.39. The molecule has 2 aromatic heterocycles. The van der Waals surface area contributed by atoms with Crippen LogP contribution in [0, 0.1) is 0 Å². The van der Waals surface area contributed by atoms with Crippen molar-refractivity contribution in [2.45, 2.75) is 38.5 Å². The number of anilines is 1. The van der Waals surface area contributed by atoms with Crippen molar-refractivity contribution in [2.24, 2.45) is 0 Å². The summed E-state index contributed by atoms with van der Waals surface area (Å²) in [4.78, 5) is 27.5. The number of carbonyl (C=O) groups excluding carboxylic acids is 1. The van der Waals surface area contributed by atoms with Crippen molar-refractivity contribution in [3.8, 4) is 0 Å². The lowest BCUT2D eigenvalue weighted by molar-refractivity contribution is 0.0270. The topological polar surface area (TPSA) is 114 Å². The maximum Gasteiger partial charge on any atom is 0.410 e. The summed E-state index contributed by atoms with van der Waals surface area (Å²) in [7, 11) is -3.33. The zero-order valence-corrected chi connectivity index (χ0v) is 22.6. The zero-order valence-electron chi connectivity index (χ0n) is 21.1. The van der Waals surface area contributed by atoms with Gasteiger partial charge in [-0.1, -0.05) is 48.0 Å². The standard InChI is InChI=1S/C26H30ClN5O4S/c1-26(2,3)36-25(33)32-12-9-19(10-13-32)23-30-21-16-29-22(27)15-20(21)24(31-23)28-11-14-37(34,35)17-18-7-5-4-6-8-18/h4-9,15-16H,10-14,17H2,1-3H3,(H,28,30,31). The van der Waals surface area contributed by atoms with E-state index in [0.29, 0.717) is 42.1 Å². The lowest BCUT2D eigenvalue weighted by atomic mass is 10.1. The Balaban J connectivity index is 1.51. The van der Waals surface area contributed by atoms with Crippen molar-refractivity contribution in [1.29, 1.82) is 0 Å². The van der Waals surface area contributed by atoms with Crippen LogP contribution in [0.2, 0.25) is 5.15 Å². The Labute approximate surface area is 221 Å². The number of carbonyl (C=O) groups is 1. The van der Waals surface area contributed by atoms with Gasteiger partial charge in [-0.05, 0) is 44.4 Å². The van der Waals surface area contributed by atoms with E-state index >= 15 is 0 Å². The van der Waals surface area contributed by atoms with Crippen LogP contribution in [0.4, 0.5) is 10.6 Å². The summed E-state index contributed by atoms with van der Waals surface area (Å²) >= 11 is 6.12. The quantitative estimate of drug-likeness (QED) is 0.425. The van der Waals surface area contributed by atoms with Gasteiger partial charge in [0, 0.05) is 25.0 Å². The molecule has 0 bridgehead atoms. The van der Waals surface area contributed by atoms with Crippen LogP contribution < -0.4 is 5.32 Å². The first kappa shape index (κ1) is 26.8. The van der Waals surface area contributed by atoms with Gasteiger partial charge in [0.25, 0.3) is 0 Å². The Morgan fingerprint density at radius 3 is 2.62 bits per heavy atom. The number of sulfone groups is 1. The van der Waals surface area contributed by atoms with E-state index in [1.54, 1.807) is 29.3 Å². The number of nitrogens with zero attached hydrogens (tertiary/aromatic N) is 4. The molecule has 3 aromatic rings. The Hall–Kier alpha value is -3.24. The van der Waals surface area contributed by atoms with Crippen molar-refractivity contribution in [3.63, 3.8) is 0 Å². The summed E-state index contributed by atoms with van der Waals surface area (Å²) in [5, 5.41) is 4.10. The highest BCUT2D eigenvalue weighted by molar-refractivity contribution is 7.90. The van der Waals surface area contributed by atoms with Crippen LogP contribution in [-0.2, 0) is 20.3 Å². The molecule has 9 nitrogen and oxygen atoms in total. The highest BCUT2D eigenvalue weighted by atomic mass is 35.5. The molecule has 0 fully saturated rings. The molecule has 0 radical (unpaired) electrons. The number of rotatable bonds is 7. The minimum atomic E-state index is -3.33. The minimum absolute atomic E-state index is 0.0257. The smallest absolute Gasteiger partial charge is 0.410 e. The largest absolute Gasteiger partial charge is 0.444 e. The van der Waals surface area contributed by atoms with Crippen molar-refractivity contribution in [2.75, 3.05) is 30.7 Å². The molecule has 1 aliphatic heterocycles. The summed E-state index contributed by atoms with van der Waals surface area (Å²) < 4.78 is 30.7. The molecule has 1 amide bonds. The van der Waals surface area contributed by atoms with Gasteiger partial charge in [-0.15, -0.1) is 0 Å². The van der Waals surface area contributed by atoms with Crippen molar-refractivity contribution in [1.82, 2.24) is 19.9 Å². The molecular weight excluding hydrogens is 514 g/mol. The third-order valence-electron chi connectivity index (χ3n) is 5.63. The minimum Gasteiger partial charge on any atom is -0.444 e. The Kier molecular flexibility index (Phi) is 7.99. The molecule has 1 N–H and O–H groups in total. The lowest BCUT2D eigenvalue weighted by Crippen LogP contribution is -2.39. The van der Waals surface area contributed by atoms with Gasteiger partial charge in [-0.25, -0.2) is 28.2 Å². The Bertz CT molecular complexity index is 1420. The molecular formula is C26H30ClN5O4S. The van der Waals surface area contributed by atoms with Crippen LogP contribution in [0.25, 0.3) is 16.5 Å². The lowest BCUT2D eigenvalue weighted by Gasteiger charge is -2.29. The molecule has 0 saturated heterocycles. The van der Waals surface area contributed by atoms with Gasteiger partial charge < -0.3 is 15.0 Å². The molecule has 4 rings (SSSR count). The molecule has 196 valence electrons. The van der Waals surface area contributed by atoms with Crippen LogP contribution in [0.1, 0.15) is 38.6 Å². The molecule has 1 aliphatic rings. The number of hydrogen-bond donors (Lipinski definition) is 1. The molecule has 0 saturated carbocycles. The fourth-order valence-corrected chi connectivity index (χ4v) is 5.29. The van der Waals surface area contributed by atoms with E-state index < -0.39 is 15.4 Å². The summed E-state index contributed by atoms with van der Waals surface area (Å²) in [5.41, 5.74) is 1.65. The summed E-state index contributed by atoms with van der Waals surface area (Å²) in [6.07, 6.45) is 3.67. The number of hydrogen-bond acceptors (Lipinski definition) is 8. The van der Waals surface area contributed by atoms with Crippen LogP contribution in [0.3, 0.4) is 0 Å². The average molecular weight is 544 g/mol. The van der Waals surface area contributed by atoms with Gasteiger partial charge in [0.2, 0.25) is 0 Å². The van der Waals surface area contributed by atoms with Gasteiger partial charge in [-0.2, -0.15) is 0 Å². The van der Waals surface area contributed by atoms with Crippen molar-refractivity contribution >= 4 is 49.8 Å². The first-order valence-corrected chi connectivity index (χ1v) is 14.2. The zero-order chi connectivity index (χ0) is 26.6. The van der Waals surface area contributed by atoms with Gasteiger partial charge in [-0.3, -0.25) is 0 Å². The maximum absolute atomic E-state index is 12.6. The van der Waals surface area contributed by atoms with Crippen molar-refractivity contribution < 1.29 is 17.9 Å². The second-order valence-electron chi connectivity index (χ2n) is 9.83. The number of pyridine rings is 1. The number of ether oxygens (including phenoxy) is 1. The molecule has 0 aliphatic carbocycles. The molecule has 11 heteroatoms. The summed E-state index contributed by atoms with van der Waals surface area (Å²) in [6.45, 7) is 6.53. The van der Waals surface area contributed by atoms with Crippen LogP contribution >= 0.6 is 11.6 Å². The third-order valence-corrected chi connectivity index (χ3v) is 7.44. The van der Waals surface area contributed by atoms with Crippen LogP contribution in [0.5, 0.6) is 0 Å². The van der Waals surface area contributed by atoms with E-state index in [9.17, 15) is 13.2 Å². The summed E-state index contributed by atoms with van der Waals surface area (Å²) in [5.74, 6) is 0.891. The van der Waals surface area contributed by atoms with Gasteiger partial charge >= 0.3 is 6.09 Å². The average Bonchev–Trinajstić information content (AvgIpc) is 2.83. The molecule has 0 unspecified atom stereocenters. The second kappa shape index (κ2) is 11.0. The first-order chi connectivity index (χ1) is 17.5. The Morgan fingerprint density at radius 1 is 1.19 bits per heavy atom. The summed E-state index contributed by atoms with van der Waals surface area (Å²) in [6, 6.07) is 10.7. The number of fused-ring (bicyclic) bond motifs is 1. The highest BCUT2D eigenvalue weighted by Crippen LogP contribution is 2.27. The highest BCUT2D eigenvalue weighted by Gasteiger charge is 2.25. The SMILES string of the molecule is CC(C)(C)OC(=O)N1CC=C(c2nc(NCCS(=O)(=O)Cc3ccccc3)c3cc(Cl)ncc3n2)CC1. The van der Waals surface area contributed by atoms with E-state index in [1.807, 2.05) is 45.0 Å². The van der Waals surface area contributed by atoms with E-state index in [-0.39, 0.29) is 29.3 Å². The Morgan fingerprint density at radius 2 is 1.95 bits per heavy atom. The monoisotopic (exact) mass is 543 g/mol. The van der Waals surface area contributed by atoms with Crippen LogP contribution in [0.15, 0.2) is 48.7 Å². The predicted octanol–water partition coefficient (Wildman–Crippen LogP) is 4.73. The number of amides is 1. The number of nitrogens with one attached hydrogen (secondary N) is 1. The van der Waals surface area contributed by atoms with Crippen LogP contribution in [-0.4, -0.2) is 65.4 Å².